The number of aliphatic hydroxyl groups is 1. The van der Waals surface area contributed by atoms with Gasteiger partial charge in [-0.05, 0) is 50.9 Å². The number of methoxy groups -OCH3 is 1. The van der Waals surface area contributed by atoms with Crippen molar-refractivity contribution >= 4 is 0 Å². The molecule has 1 heterocycles. The minimum atomic E-state index is -0.852. The van der Waals surface area contributed by atoms with Gasteiger partial charge >= 0.3 is 0 Å². The van der Waals surface area contributed by atoms with Crippen molar-refractivity contribution in [1.82, 2.24) is 4.90 Å². The maximum Gasteiger partial charge on any atom is 0.118 e. The molecule has 1 aromatic rings. The van der Waals surface area contributed by atoms with E-state index in [2.05, 4.69) is 4.90 Å². The lowest BCUT2D eigenvalue weighted by Crippen LogP contribution is -2.46. The Hall–Kier alpha value is -1.10. The Morgan fingerprint density at radius 3 is 2.67 bits per heavy atom. The molecule has 0 radical (unpaired) electrons. The summed E-state index contributed by atoms with van der Waals surface area (Å²) in [6.45, 7) is 7.31. The fourth-order valence-corrected chi connectivity index (χ4v) is 3.18. The molecule has 0 bridgehead atoms. The minimum absolute atomic E-state index is 0.145. The summed E-state index contributed by atoms with van der Waals surface area (Å²) in [5.74, 6) is 0.814. The molecule has 2 atom stereocenters. The van der Waals surface area contributed by atoms with Gasteiger partial charge in [0.1, 0.15) is 11.4 Å². The Bertz CT molecular complexity index is 430. The second-order valence-electron chi connectivity index (χ2n) is 5.77. The first-order valence-electron chi connectivity index (χ1n) is 7.78. The lowest BCUT2D eigenvalue weighted by atomic mass is 9.86. The third-order valence-electron chi connectivity index (χ3n) is 4.41. The van der Waals surface area contributed by atoms with Crippen LogP contribution in [0.4, 0.5) is 0 Å². The summed E-state index contributed by atoms with van der Waals surface area (Å²) in [6.07, 6.45) is 2.15. The predicted molar refractivity (Wildman–Crippen MR) is 83.7 cm³/mol. The molecule has 0 aromatic heterocycles. The molecule has 1 aliphatic rings. The Labute approximate surface area is 127 Å². The Morgan fingerprint density at radius 1 is 1.33 bits per heavy atom. The summed E-state index contributed by atoms with van der Waals surface area (Å²) in [5.41, 5.74) is 0.0891. The van der Waals surface area contributed by atoms with Gasteiger partial charge in [-0.1, -0.05) is 12.1 Å². The summed E-state index contributed by atoms with van der Waals surface area (Å²) in [7, 11) is 1.65. The average molecular weight is 293 g/mol. The van der Waals surface area contributed by atoms with E-state index in [0.717, 1.165) is 50.5 Å². The van der Waals surface area contributed by atoms with Crippen molar-refractivity contribution in [1.29, 1.82) is 0 Å². The van der Waals surface area contributed by atoms with Crippen molar-refractivity contribution in [2.45, 2.75) is 38.3 Å². The molecule has 21 heavy (non-hydrogen) atoms. The van der Waals surface area contributed by atoms with Crippen molar-refractivity contribution in [3.05, 3.63) is 29.8 Å². The molecule has 0 saturated carbocycles. The highest BCUT2D eigenvalue weighted by Gasteiger charge is 2.40. The number of nitrogens with zero attached hydrogens (tertiary/aromatic N) is 1. The fourth-order valence-electron chi connectivity index (χ4n) is 3.18. The van der Waals surface area contributed by atoms with Crippen LogP contribution in [0.15, 0.2) is 24.3 Å². The van der Waals surface area contributed by atoms with Crippen LogP contribution in [0.3, 0.4) is 0 Å². The van der Waals surface area contributed by atoms with Crippen LogP contribution < -0.4 is 4.74 Å². The van der Waals surface area contributed by atoms with Crippen LogP contribution in [-0.4, -0.2) is 49.5 Å². The lowest BCUT2D eigenvalue weighted by molar-refractivity contribution is -0.0296. The molecule has 1 aliphatic heterocycles. The van der Waals surface area contributed by atoms with Crippen molar-refractivity contribution in [2.75, 3.05) is 33.4 Å². The average Bonchev–Trinajstić information content (AvgIpc) is 2.97. The lowest BCUT2D eigenvalue weighted by Gasteiger charge is -2.37. The predicted octanol–water partition coefficient (Wildman–Crippen LogP) is 2.40. The van der Waals surface area contributed by atoms with Crippen LogP contribution in [0, 0.1) is 0 Å². The molecular formula is C17H27NO3. The van der Waals surface area contributed by atoms with Gasteiger partial charge in [-0.25, -0.2) is 0 Å². The summed E-state index contributed by atoms with van der Waals surface area (Å²) >= 11 is 0. The summed E-state index contributed by atoms with van der Waals surface area (Å²) in [6, 6.07) is 7.87. The molecule has 1 saturated heterocycles. The molecule has 118 valence electrons. The zero-order valence-corrected chi connectivity index (χ0v) is 13.3. The molecule has 1 fully saturated rings. The third-order valence-corrected chi connectivity index (χ3v) is 4.41. The number of benzene rings is 1. The van der Waals surface area contributed by atoms with Crippen LogP contribution in [0.25, 0.3) is 0 Å². The fraction of sp³-hybridized carbons (Fsp3) is 0.647. The molecule has 4 heteroatoms. The maximum atomic E-state index is 11.1. The molecule has 0 spiro atoms. The third kappa shape index (κ3) is 3.76. The van der Waals surface area contributed by atoms with Gasteiger partial charge in [0.25, 0.3) is 0 Å². The topological polar surface area (TPSA) is 41.9 Å². The van der Waals surface area contributed by atoms with Gasteiger partial charge in [0, 0.05) is 19.2 Å². The van der Waals surface area contributed by atoms with E-state index in [-0.39, 0.29) is 6.04 Å². The molecule has 0 amide bonds. The summed E-state index contributed by atoms with van der Waals surface area (Å²) in [5, 5.41) is 11.1. The van der Waals surface area contributed by atoms with Crippen LogP contribution in [0.5, 0.6) is 5.75 Å². The van der Waals surface area contributed by atoms with E-state index < -0.39 is 5.60 Å². The van der Waals surface area contributed by atoms with Crippen molar-refractivity contribution in [3.8, 4) is 5.75 Å². The maximum absolute atomic E-state index is 11.1. The molecule has 2 unspecified atom stereocenters. The molecule has 4 nitrogen and oxygen atoms in total. The number of hydrogen-bond acceptors (Lipinski definition) is 4. The Kier molecular flexibility index (Phi) is 5.62. The first-order valence-corrected chi connectivity index (χ1v) is 7.78. The highest BCUT2D eigenvalue weighted by atomic mass is 16.5. The van der Waals surface area contributed by atoms with E-state index in [4.69, 9.17) is 9.47 Å². The quantitative estimate of drug-likeness (QED) is 0.784. The highest BCUT2D eigenvalue weighted by molar-refractivity contribution is 5.31. The monoisotopic (exact) mass is 293 g/mol. The van der Waals surface area contributed by atoms with E-state index in [9.17, 15) is 5.11 Å². The Balaban J connectivity index is 2.08. The van der Waals surface area contributed by atoms with Gasteiger partial charge in [0.2, 0.25) is 0 Å². The largest absolute Gasteiger partial charge is 0.497 e. The van der Waals surface area contributed by atoms with Gasteiger partial charge in [-0.15, -0.1) is 0 Å². The Morgan fingerprint density at radius 2 is 2.05 bits per heavy atom. The number of ether oxygens (including phenoxy) is 2. The van der Waals surface area contributed by atoms with Gasteiger partial charge in [0.15, 0.2) is 0 Å². The van der Waals surface area contributed by atoms with Crippen LogP contribution in [0.2, 0.25) is 0 Å². The molecule has 1 aromatic carbocycles. The van der Waals surface area contributed by atoms with Gasteiger partial charge in [0.05, 0.1) is 13.7 Å². The second-order valence-corrected chi connectivity index (χ2v) is 5.77. The zero-order valence-electron chi connectivity index (χ0n) is 13.3. The van der Waals surface area contributed by atoms with E-state index >= 15 is 0 Å². The molecular weight excluding hydrogens is 266 g/mol. The van der Waals surface area contributed by atoms with Gasteiger partial charge < -0.3 is 14.6 Å². The standard InChI is InChI=1S/C17H27NO3/c1-4-21-13-12-18-11-5-6-16(18)17(2,19)14-7-9-15(20-3)10-8-14/h7-10,16,19H,4-6,11-13H2,1-3H3. The van der Waals surface area contributed by atoms with E-state index in [1.165, 1.54) is 0 Å². The SMILES string of the molecule is CCOCCN1CCCC1C(C)(O)c1ccc(OC)cc1. The van der Waals surface area contributed by atoms with Gasteiger partial charge in [-0.2, -0.15) is 0 Å². The van der Waals surface area contributed by atoms with Crippen LogP contribution in [0.1, 0.15) is 32.3 Å². The van der Waals surface area contributed by atoms with E-state index in [1.807, 2.05) is 38.1 Å². The summed E-state index contributed by atoms with van der Waals surface area (Å²) in [4.78, 5) is 2.35. The number of likely N-dealkylation sites (tertiary alicyclic amines) is 1. The van der Waals surface area contributed by atoms with E-state index in [0.29, 0.717) is 0 Å². The van der Waals surface area contributed by atoms with Crippen molar-refractivity contribution in [3.63, 3.8) is 0 Å². The van der Waals surface area contributed by atoms with Crippen molar-refractivity contribution in [2.24, 2.45) is 0 Å². The van der Waals surface area contributed by atoms with Crippen molar-refractivity contribution < 1.29 is 14.6 Å². The normalized spacial score (nSPS) is 22.2. The highest BCUT2D eigenvalue weighted by Crippen LogP contribution is 2.35. The first kappa shape index (κ1) is 16.3. The number of rotatable bonds is 7. The van der Waals surface area contributed by atoms with Crippen LogP contribution in [-0.2, 0) is 10.3 Å². The number of hydrogen-bond donors (Lipinski definition) is 1. The molecule has 2 rings (SSSR count). The van der Waals surface area contributed by atoms with E-state index in [1.54, 1.807) is 7.11 Å². The molecule has 0 aliphatic carbocycles. The smallest absolute Gasteiger partial charge is 0.118 e. The minimum Gasteiger partial charge on any atom is -0.497 e. The summed E-state index contributed by atoms with van der Waals surface area (Å²) < 4.78 is 10.6. The molecule has 1 N–H and O–H groups in total. The second kappa shape index (κ2) is 7.25. The van der Waals surface area contributed by atoms with Crippen LogP contribution >= 0.6 is 0 Å². The zero-order chi connectivity index (χ0) is 15.3. The van der Waals surface area contributed by atoms with Gasteiger partial charge in [-0.3, -0.25) is 4.90 Å². The first-order chi connectivity index (χ1) is 10.1.